The SMILES string of the molecule is C1COC1.CCCCCCCC/C=C\CCCCCCCC(=O)OCCO. The van der Waals surface area contributed by atoms with Gasteiger partial charge in [-0.2, -0.15) is 0 Å². The molecule has 27 heavy (non-hydrogen) atoms. The number of carbonyl (C=O) groups is 1. The largest absolute Gasteiger partial charge is 0.463 e. The molecule has 0 atom stereocenters. The third kappa shape index (κ3) is 23.1. The van der Waals surface area contributed by atoms with Crippen LogP contribution >= 0.6 is 0 Å². The maximum atomic E-state index is 11.2. The van der Waals surface area contributed by atoms with Crippen LogP contribution in [0.15, 0.2) is 12.2 Å². The summed E-state index contributed by atoms with van der Waals surface area (Å²) in [4.78, 5) is 11.2. The van der Waals surface area contributed by atoms with E-state index in [1.165, 1.54) is 77.0 Å². The first kappa shape index (κ1) is 26.1. The molecule has 0 amide bonds. The highest BCUT2D eigenvalue weighted by Gasteiger charge is 2.01. The molecule has 1 saturated heterocycles. The zero-order valence-electron chi connectivity index (χ0n) is 17.8. The molecule has 0 radical (unpaired) electrons. The van der Waals surface area contributed by atoms with E-state index >= 15 is 0 Å². The van der Waals surface area contributed by atoms with E-state index in [2.05, 4.69) is 19.1 Å². The van der Waals surface area contributed by atoms with Crippen molar-refractivity contribution in [3.05, 3.63) is 12.2 Å². The first-order chi connectivity index (χ1) is 13.3. The van der Waals surface area contributed by atoms with Gasteiger partial charge in [0, 0.05) is 19.6 Å². The van der Waals surface area contributed by atoms with Crippen molar-refractivity contribution in [2.24, 2.45) is 0 Å². The summed E-state index contributed by atoms with van der Waals surface area (Å²) in [6, 6.07) is 0. The average Bonchev–Trinajstić information content (AvgIpc) is 2.61. The lowest BCUT2D eigenvalue weighted by Gasteiger charge is -2.09. The highest BCUT2D eigenvalue weighted by Crippen LogP contribution is 2.10. The van der Waals surface area contributed by atoms with Crippen LogP contribution in [0.3, 0.4) is 0 Å². The molecule has 0 aromatic heterocycles. The first-order valence-corrected chi connectivity index (χ1v) is 11.3. The average molecular weight is 385 g/mol. The number of esters is 1. The second-order valence-electron chi connectivity index (χ2n) is 7.24. The predicted molar refractivity (Wildman–Crippen MR) is 113 cm³/mol. The number of ether oxygens (including phenoxy) is 2. The molecule has 0 saturated carbocycles. The highest BCUT2D eigenvalue weighted by atomic mass is 16.5. The summed E-state index contributed by atoms with van der Waals surface area (Å²) >= 11 is 0. The third-order valence-corrected chi connectivity index (χ3v) is 4.57. The van der Waals surface area contributed by atoms with E-state index in [1.807, 2.05) is 0 Å². The van der Waals surface area contributed by atoms with E-state index in [0.717, 1.165) is 26.1 Å². The van der Waals surface area contributed by atoms with E-state index in [1.54, 1.807) is 0 Å². The Balaban J connectivity index is 0.00000148. The number of aliphatic hydroxyl groups is 1. The molecule has 1 heterocycles. The molecule has 0 spiro atoms. The van der Waals surface area contributed by atoms with Gasteiger partial charge in [0.15, 0.2) is 0 Å². The molecule has 1 aliphatic rings. The molecule has 0 aromatic rings. The molecule has 1 fully saturated rings. The van der Waals surface area contributed by atoms with Crippen LogP contribution in [0.5, 0.6) is 0 Å². The van der Waals surface area contributed by atoms with E-state index < -0.39 is 0 Å². The van der Waals surface area contributed by atoms with Gasteiger partial charge in [-0.15, -0.1) is 0 Å². The van der Waals surface area contributed by atoms with Gasteiger partial charge in [-0.25, -0.2) is 0 Å². The van der Waals surface area contributed by atoms with E-state index in [9.17, 15) is 4.79 Å². The van der Waals surface area contributed by atoms with E-state index in [4.69, 9.17) is 14.6 Å². The normalized spacial score (nSPS) is 13.1. The zero-order valence-corrected chi connectivity index (χ0v) is 17.8. The fourth-order valence-electron chi connectivity index (χ4n) is 2.72. The number of allylic oxidation sites excluding steroid dienone is 2. The van der Waals surface area contributed by atoms with Crippen molar-refractivity contribution in [2.45, 2.75) is 103 Å². The molecule has 0 unspecified atom stereocenters. The van der Waals surface area contributed by atoms with Crippen molar-refractivity contribution < 1.29 is 19.4 Å². The Labute approximate surface area is 167 Å². The molecular weight excluding hydrogens is 340 g/mol. The van der Waals surface area contributed by atoms with Crippen LogP contribution in [0.25, 0.3) is 0 Å². The van der Waals surface area contributed by atoms with Gasteiger partial charge in [-0.1, -0.05) is 70.4 Å². The quantitative estimate of drug-likeness (QED) is 0.191. The van der Waals surface area contributed by atoms with Gasteiger partial charge < -0.3 is 14.6 Å². The summed E-state index contributed by atoms with van der Waals surface area (Å²) in [5.74, 6) is -0.184. The van der Waals surface area contributed by atoms with Crippen LogP contribution in [0.2, 0.25) is 0 Å². The number of hydrogen-bond donors (Lipinski definition) is 1. The van der Waals surface area contributed by atoms with Crippen molar-refractivity contribution in [3.63, 3.8) is 0 Å². The Morgan fingerprint density at radius 1 is 0.889 bits per heavy atom. The number of hydrogen-bond acceptors (Lipinski definition) is 4. The monoisotopic (exact) mass is 384 g/mol. The molecule has 0 aromatic carbocycles. The van der Waals surface area contributed by atoms with Gasteiger partial charge in [0.25, 0.3) is 0 Å². The highest BCUT2D eigenvalue weighted by molar-refractivity contribution is 5.69. The van der Waals surface area contributed by atoms with Crippen molar-refractivity contribution in [3.8, 4) is 0 Å². The molecule has 1 N–H and O–H groups in total. The van der Waals surface area contributed by atoms with Crippen LogP contribution < -0.4 is 0 Å². The lowest BCUT2D eigenvalue weighted by molar-refractivity contribution is -0.144. The van der Waals surface area contributed by atoms with Crippen LogP contribution in [0, 0.1) is 0 Å². The minimum Gasteiger partial charge on any atom is -0.463 e. The maximum absolute atomic E-state index is 11.2. The molecule has 0 aliphatic carbocycles. The topological polar surface area (TPSA) is 55.8 Å². The lowest BCUT2D eigenvalue weighted by atomic mass is 10.1. The van der Waals surface area contributed by atoms with Gasteiger partial charge >= 0.3 is 5.97 Å². The van der Waals surface area contributed by atoms with E-state index in [0.29, 0.717) is 6.42 Å². The summed E-state index contributed by atoms with van der Waals surface area (Å²) in [7, 11) is 0. The molecular formula is C23H44O4. The van der Waals surface area contributed by atoms with Crippen LogP contribution in [-0.4, -0.2) is 37.5 Å². The van der Waals surface area contributed by atoms with Gasteiger partial charge in [-0.05, 0) is 38.5 Å². The van der Waals surface area contributed by atoms with Gasteiger partial charge in [0.05, 0.1) is 6.61 Å². The second kappa shape index (κ2) is 23.2. The standard InChI is InChI=1S/C20H38O3.C3H6O/c1-2-3-4-5-6-7-8-9-10-11-12-13-14-15-16-17-20(22)23-19-18-21;1-2-4-3-1/h9-10,21H,2-8,11-19H2,1H3;1-3H2/b10-9-;. The fraction of sp³-hybridized carbons (Fsp3) is 0.870. The van der Waals surface area contributed by atoms with Crippen molar-refractivity contribution >= 4 is 5.97 Å². The Hall–Kier alpha value is -0.870. The smallest absolute Gasteiger partial charge is 0.305 e. The Bertz CT molecular complexity index is 320. The summed E-state index contributed by atoms with van der Waals surface area (Å²) in [6.07, 6.45) is 22.8. The third-order valence-electron chi connectivity index (χ3n) is 4.57. The summed E-state index contributed by atoms with van der Waals surface area (Å²) < 4.78 is 9.53. The molecule has 1 aliphatic heterocycles. The summed E-state index contributed by atoms with van der Waals surface area (Å²) in [6.45, 7) is 4.30. The molecule has 4 nitrogen and oxygen atoms in total. The van der Waals surface area contributed by atoms with Crippen LogP contribution in [-0.2, 0) is 14.3 Å². The Kier molecular flexibility index (Phi) is 22.4. The van der Waals surface area contributed by atoms with Crippen LogP contribution in [0.4, 0.5) is 0 Å². The van der Waals surface area contributed by atoms with Gasteiger partial charge in [0.1, 0.15) is 6.61 Å². The van der Waals surface area contributed by atoms with Crippen molar-refractivity contribution in [1.29, 1.82) is 0 Å². The number of rotatable bonds is 17. The Morgan fingerprint density at radius 2 is 1.37 bits per heavy atom. The molecule has 1 rings (SSSR count). The lowest BCUT2D eigenvalue weighted by Crippen LogP contribution is -2.09. The number of unbranched alkanes of at least 4 members (excludes halogenated alkanes) is 11. The first-order valence-electron chi connectivity index (χ1n) is 11.3. The van der Waals surface area contributed by atoms with Gasteiger partial charge in [0.2, 0.25) is 0 Å². The summed E-state index contributed by atoms with van der Waals surface area (Å²) in [5.41, 5.74) is 0. The number of carbonyl (C=O) groups excluding carboxylic acids is 1. The second-order valence-corrected chi connectivity index (χ2v) is 7.24. The summed E-state index contributed by atoms with van der Waals surface area (Å²) in [5, 5.41) is 8.54. The van der Waals surface area contributed by atoms with Gasteiger partial charge in [-0.3, -0.25) is 4.79 Å². The maximum Gasteiger partial charge on any atom is 0.305 e. The zero-order chi connectivity index (χ0) is 19.8. The minimum atomic E-state index is -0.184. The van der Waals surface area contributed by atoms with E-state index in [-0.39, 0.29) is 19.2 Å². The van der Waals surface area contributed by atoms with Crippen LogP contribution in [0.1, 0.15) is 103 Å². The van der Waals surface area contributed by atoms with Crippen molar-refractivity contribution in [2.75, 3.05) is 26.4 Å². The molecule has 160 valence electrons. The Morgan fingerprint density at radius 3 is 1.85 bits per heavy atom. The fourth-order valence-corrected chi connectivity index (χ4v) is 2.72. The minimum absolute atomic E-state index is 0.0852. The van der Waals surface area contributed by atoms with Crippen molar-refractivity contribution in [1.82, 2.24) is 0 Å². The number of aliphatic hydroxyl groups excluding tert-OH is 1. The predicted octanol–water partition coefficient (Wildman–Crippen LogP) is 5.97. The molecule has 0 bridgehead atoms. The molecule has 4 heteroatoms.